The van der Waals surface area contributed by atoms with Crippen LogP contribution in [0.15, 0.2) is 40.5 Å². The second-order valence-electron chi connectivity index (χ2n) is 5.52. The zero-order valence-corrected chi connectivity index (χ0v) is 15.4. The first kappa shape index (κ1) is 19.4. The average Bonchev–Trinajstić information content (AvgIpc) is 3.26. The van der Waals surface area contributed by atoms with E-state index in [2.05, 4.69) is 15.5 Å². The number of nitrogens with one attached hydrogen (secondary N) is 1. The summed E-state index contributed by atoms with van der Waals surface area (Å²) < 4.78 is 41.0. The molecule has 1 aromatic heterocycles. The van der Waals surface area contributed by atoms with Gasteiger partial charge in [0, 0.05) is 12.0 Å². The van der Waals surface area contributed by atoms with Gasteiger partial charge in [-0.05, 0) is 12.1 Å². The zero-order valence-electron chi connectivity index (χ0n) is 13.8. The van der Waals surface area contributed by atoms with Gasteiger partial charge in [-0.1, -0.05) is 28.6 Å². The highest BCUT2D eigenvalue weighted by atomic mass is 32.2. The highest BCUT2D eigenvalue weighted by molar-refractivity contribution is 7.89. The minimum atomic E-state index is -3.87. The lowest BCUT2D eigenvalue weighted by atomic mass is 10.1. The number of halogens is 1. The van der Waals surface area contributed by atoms with Crippen molar-refractivity contribution in [2.75, 3.05) is 18.5 Å². The van der Waals surface area contributed by atoms with Crippen LogP contribution in [0.1, 0.15) is 12.0 Å². The summed E-state index contributed by atoms with van der Waals surface area (Å²) in [6, 6.07) is 5.23. The van der Waals surface area contributed by atoms with Crippen LogP contribution in [-0.4, -0.2) is 44.3 Å². The lowest BCUT2D eigenvalue weighted by Crippen LogP contribution is -2.25. The Morgan fingerprint density at radius 2 is 2.15 bits per heavy atom. The Bertz CT molecular complexity index is 953. The number of nitrogens with two attached hydrogens (primary N) is 1. The Balaban J connectivity index is 1.86. The van der Waals surface area contributed by atoms with Crippen LogP contribution in [0, 0.1) is 5.13 Å². The molecule has 1 aliphatic rings. The Morgan fingerprint density at radius 3 is 2.70 bits per heavy atom. The molecular weight excluding hydrogens is 399 g/mol. The summed E-state index contributed by atoms with van der Waals surface area (Å²) in [6.45, 7) is 0.879. The first-order valence-corrected chi connectivity index (χ1v) is 10.1. The number of hydrogen-bond donors (Lipinski definition) is 2. The summed E-state index contributed by atoms with van der Waals surface area (Å²) in [5.74, 6) is -0.688. The summed E-state index contributed by atoms with van der Waals surface area (Å²) in [5, 5.41) is 10.9. The first-order valence-electron chi connectivity index (χ1n) is 7.70. The second kappa shape index (κ2) is 8.08. The number of anilines is 1. The number of oxime groups is 1. The molecule has 3 N–H and O–H groups in total. The van der Waals surface area contributed by atoms with Crippen molar-refractivity contribution in [3.63, 3.8) is 0 Å². The molecule has 0 spiro atoms. The third kappa shape index (κ3) is 5.07. The van der Waals surface area contributed by atoms with Gasteiger partial charge < -0.3 is 9.57 Å². The maximum atomic E-state index is 13.1. The van der Waals surface area contributed by atoms with Crippen molar-refractivity contribution in [1.82, 2.24) is 4.98 Å². The predicted molar refractivity (Wildman–Crippen MR) is 95.4 cm³/mol. The zero-order chi connectivity index (χ0) is 19.4. The highest BCUT2D eigenvalue weighted by Gasteiger charge is 2.21. The van der Waals surface area contributed by atoms with Gasteiger partial charge in [0.1, 0.15) is 0 Å². The van der Waals surface area contributed by atoms with Crippen LogP contribution in [0.3, 0.4) is 0 Å². The minimum absolute atomic E-state index is 0.0514. The largest absolute Gasteiger partial charge is 0.389 e. The smallest absolute Gasteiger partial charge is 0.280 e. The number of amides is 1. The van der Waals surface area contributed by atoms with Crippen LogP contribution < -0.4 is 10.5 Å². The number of sulfonamides is 1. The summed E-state index contributed by atoms with van der Waals surface area (Å²) in [5.41, 5.74) is 0.161. The fourth-order valence-corrected chi connectivity index (χ4v) is 3.27. The fourth-order valence-electron chi connectivity index (χ4n) is 2.22. The molecule has 0 bridgehead atoms. The van der Waals surface area contributed by atoms with Crippen molar-refractivity contribution in [3.05, 3.63) is 41.2 Å². The SMILES string of the molecule is NS(=O)(=O)c1ccc(C(=NO[C@@H]2CCOC2)C(=O)Nc2ncc(F)s2)cc1. The van der Waals surface area contributed by atoms with Gasteiger partial charge in [0.15, 0.2) is 22.1 Å². The Morgan fingerprint density at radius 1 is 1.41 bits per heavy atom. The highest BCUT2D eigenvalue weighted by Crippen LogP contribution is 2.17. The number of benzene rings is 1. The molecule has 27 heavy (non-hydrogen) atoms. The van der Waals surface area contributed by atoms with Crippen molar-refractivity contribution in [3.8, 4) is 0 Å². The molecule has 2 heterocycles. The second-order valence-corrected chi connectivity index (χ2v) is 8.07. The third-order valence-electron chi connectivity index (χ3n) is 3.55. The Labute approximate surface area is 158 Å². The van der Waals surface area contributed by atoms with Crippen molar-refractivity contribution in [2.45, 2.75) is 17.4 Å². The molecule has 9 nitrogen and oxygen atoms in total. The van der Waals surface area contributed by atoms with Gasteiger partial charge in [-0.2, -0.15) is 4.39 Å². The molecule has 12 heteroatoms. The minimum Gasteiger partial charge on any atom is -0.389 e. The van der Waals surface area contributed by atoms with Gasteiger partial charge in [0.05, 0.1) is 24.3 Å². The monoisotopic (exact) mass is 414 g/mol. The number of thiazole rings is 1. The molecule has 1 aliphatic heterocycles. The van der Waals surface area contributed by atoms with Crippen LogP contribution in [0.4, 0.5) is 9.52 Å². The average molecular weight is 414 g/mol. The standard InChI is InChI=1S/C15H15FN4O5S2/c16-12-7-18-15(26-12)19-14(21)13(20-25-10-5-6-24-8-10)9-1-3-11(4-2-9)27(17,22)23/h1-4,7,10H,5-6,8H2,(H2,17,22,23)(H,18,19,21)/t10-/m1/s1. The van der Waals surface area contributed by atoms with Gasteiger partial charge in [0.25, 0.3) is 5.91 Å². The number of ether oxygens (including phenoxy) is 1. The van der Waals surface area contributed by atoms with Gasteiger partial charge in [-0.25, -0.2) is 18.5 Å². The molecule has 0 aliphatic carbocycles. The normalized spacial score (nSPS) is 17.7. The lowest BCUT2D eigenvalue weighted by Gasteiger charge is -2.10. The Hall–Kier alpha value is -2.41. The van der Waals surface area contributed by atoms with Gasteiger partial charge >= 0.3 is 0 Å². The maximum absolute atomic E-state index is 13.1. The van der Waals surface area contributed by atoms with Crippen LogP contribution in [0.5, 0.6) is 0 Å². The van der Waals surface area contributed by atoms with E-state index in [0.717, 1.165) is 6.20 Å². The van der Waals surface area contributed by atoms with E-state index in [1.54, 1.807) is 0 Å². The molecule has 1 saturated heterocycles. The van der Waals surface area contributed by atoms with E-state index >= 15 is 0 Å². The molecule has 0 saturated carbocycles. The molecule has 3 rings (SSSR count). The number of carbonyl (C=O) groups excluding carboxylic acids is 1. The number of aromatic nitrogens is 1. The van der Waals surface area contributed by atoms with Crippen LogP contribution in [-0.2, 0) is 24.4 Å². The number of rotatable bonds is 6. The molecule has 144 valence electrons. The molecular formula is C15H15FN4O5S2. The molecule has 2 aromatic rings. The molecule has 1 fully saturated rings. The molecule has 1 aromatic carbocycles. The summed E-state index contributed by atoms with van der Waals surface area (Å²) >= 11 is 0.657. The molecule has 0 unspecified atom stereocenters. The lowest BCUT2D eigenvalue weighted by molar-refractivity contribution is -0.110. The summed E-state index contributed by atoms with van der Waals surface area (Å²) in [4.78, 5) is 21.5. The van der Waals surface area contributed by atoms with Gasteiger partial charge in [0.2, 0.25) is 10.0 Å². The van der Waals surface area contributed by atoms with Crippen molar-refractivity contribution >= 4 is 38.1 Å². The number of primary sulfonamides is 1. The third-order valence-corrected chi connectivity index (χ3v) is 5.18. The van der Waals surface area contributed by atoms with Gasteiger partial charge in [-0.3, -0.25) is 10.1 Å². The van der Waals surface area contributed by atoms with E-state index in [4.69, 9.17) is 14.7 Å². The van der Waals surface area contributed by atoms with Crippen LogP contribution in [0.2, 0.25) is 0 Å². The van der Waals surface area contributed by atoms with Gasteiger partial charge in [-0.15, -0.1) is 0 Å². The molecule has 1 atom stereocenters. The maximum Gasteiger partial charge on any atom is 0.280 e. The number of hydrogen-bond acceptors (Lipinski definition) is 8. The van der Waals surface area contributed by atoms with Crippen LogP contribution >= 0.6 is 11.3 Å². The molecule has 0 radical (unpaired) electrons. The topological polar surface area (TPSA) is 133 Å². The number of carbonyl (C=O) groups is 1. The number of nitrogens with zero attached hydrogens (tertiary/aromatic N) is 2. The van der Waals surface area contributed by atoms with E-state index in [1.165, 1.54) is 24.3 Å². The van der Waals surface area contributed by atoms with E-state index < -0.39 is 21.1 Å². The fraction of sp³-hybridized carbons (Fsp3) is 0.267. The van der Waals surface area contributed by atoms with Crippen molar-refractivity contribution in [1.29, 1.82) is 0 Å². The quantitative estimate of drug-likeness (QED) is 0.537. The van der Waals surface area contributed by atoms with E-state index in [0.29, 0.717) is 31.0 Å². The predicted octanol–water partition coefficient (Wildman–Crippen LogP) is 1.08. The summed E-state index contributed by atoms with van der Waals surface area (Å²) in [6.07, 6.45) is 1.30. The van der Waals surface area contributed by atoms with E-state index in [1.807, 2.05) is 0 Å². The van der Waals surface area contributed by atoms with E-state index in [9.17, 15) is 17.6 Å². The van der Waals surface area contributed by atoms with Crippen LogP contribution in [0.25, 0.3) is 0 Å². The van der Waals surface area contributed by atoms with E-state index in [-0.39, 0.29) is 27.4 Å². The van der Waals surface area contributed by atoms with Crippen molar-refractivity contribution < 1.29 is 27.2 Å². The molecule has 1 amide bonds. The first-order chi connectivity index (χ1) is 12.8. The summed E-state index contributed by atoms with van der Waals surface area (Å²) in [7, 11) is -3.87. The van der Waals surface area contributed by atoms with Crippen molar-refractivity contribution in [2.24, 2.45) is 10.3 Å². The Kier molecular flexibility index (Phi) is 5.79.